The quantitative estimate of drug-likeness (QED) is 0.226. The molecule has 1 aliphatic rings. The van der Waals surface area contributed by atoms with Crippen LogP contribution < -0.4 is 0 Å². The maximum Gasteiger partial charge on any atom is 0.0763 e. The normalized spacial score (nSPS) is 16.2. The topological polar surface area (TPSA) is 24.7 Å². The molecular weight excluding hydrogens is 472 g/mol. The van der Waals surface area contributed by atoms with Gasteiger partial charge in [-0.2, -0.15) is 10.2 Å². The Morgan fingerprint density at radius 1 is 0.821 bits per heavy atom. The minimum atomic E-state index is 0.235. The third kappa shape index (κ3) is 12.2. The second kappa shape index (κ2) is 15.0. The minimum Gasteiger partial charge on any atom is -0.154 e. The molecule has 0 amide bonds. The molecule has 0 bridgehead atoms. The smallest absolute Gasteiger partial charge is 0.0763 e. The molecule has 1 aromatic carbocycles. The zero-order valence-corrected chi connectivity index (χ0v) is 26.7. The Labute approximate surface area is 241 Å². The molecule has 1 atom stereocenters. The summed E-state index contributed by atoms with van der Waals surface area (Å²) in [5, 5.41) is 9.03. The number of nitrogens with zero attached hydrogens (tertiary/aromatic N) is 2. The van der Waals surface area contributed by atoms with Crippen LogP contribution in [0.1, 0.15) is 107 Å². The molecule has 2 heteroatoms. The van der Waals surface area contributed by atoms with Crippen molar-refractivity contribution >= 4 is 11.4 Å². The fourth-order valence-electron chi connectivity index (χ4n) is 4.68. The molecule has 1 aromatic rings. The summed E-state index contributed by atoms with van der Waals surface area (Å²) in [6.45, 7) is 25.1. The molecule has 0 saturated heterocycles. The average Bonchev–Trinajstić information content (AvgIpc) is 3.33. The Kier molecular flexibility index (Phi) is 13.1. The first-order valence-corrected chi connectivity index (χ1v) is 14.3. The molecule has 2 rings (SSSR count). The number of hydrogen-bond donors (Lipinski definition) is 0. The fraction of sp³-hybridized carbons (Fsp3) is 0.514. The van der Waals surface area contributed by atoms with Crippen LogP contribution in [0.2, 0.25) is 0 Å². The number of allylic oxidation sites excluding steroid dienone is 8. The van der Waals surface area contributed by atoms with Gasteiger partial charge in [0.05, 0.1) is 11.4 Å². The molecule has 1 aliphatic heterocycles. The van der Waals surface area contributed by atoms with Gasteiger partial charge in [0.1, 0.15) is 0 Å². The van der Waals surface area contributed by atoms with Crippen molar-refractivity contribution in [3.8, 4) is 12.8 Å². The van der Waals surface area contributed by atoms with Gasteiger partial charge in [-0.15, -0.1) is 12.8 Å². The van der Waals surface area contributed by atoms with Crippen molar-refractivity contribution in [3.05, 3.63) is 83.0 Å². The summed E-state index contributed by atoms with van der Waals surface area (Å²) in [6, 6.07) is 8.84. The van der Waals surface area contributed by atoms with E-state index in [9.17, 15) is 0 Å². The first-order valence-electron chi connectivity index (χ1n) is 14.3. The van der Waals surface area contributed by atoms with Crippen molar-refractivity contribution in [2.75, 3.05) is 0 Å². The largest absolute Gasteiger partial charge is 0.154 e. The van der Waals surface area contributed by atoms with Gasteiger partial charge in [-0.3, -0.25) is 0 Å². The third-order valence-electron chi connectivity index (χ3n) is 6.85. The molecule has 0 N–H and O–H groups in total. The molecule has 1 heterocycles. The third-order valence-corrected chi connectivity index (χ3v) is 6.85. The van der Waals surface area contributed by atoms with Gasteiger partial charge in [-0.05, 0) is 77.5 Å². The molecule has 0 aromatic heterocycles. The van der Waals surface area contributed by atoms with E-state index in [4.69, 9.17) is 0 Å². The highest BCUT2D eigenvalue weighted by atomic mass is 15.2. The van der Waals surface area contributed by atoms with Gasteiger partial charge in [-0.1, -0.05) is 123 Å². The van der Waals surface area contributed by atoms with E-state index in [-0.39, 0.29) is 5.41 Å². The van der Waals surface area contributed by atoms with Gasteiger partial charge in [0.2, 0.25) is 0 Å². The lowest BCUT2D eigenvalue weighted by Gasteiger charge is -2.36. The first kappa shape index (κ1) is 34.1. The lowest BCUT2D eigenvalue weighted by Crippen LogP contribution is -2.26. The van der Waals surface area contributed by atoms with Crippen molar-refractivity contribution in [1.82, 2.24) is 0 Å². The molecular formula is C37H54N2. The maximum absolute atomic E-state index is 4.52. The zero-order valence-electron chi connectivity index (χ0n) is 26.7. The van der Waals surface area contributed by atoms with Crippen molar-refractivity contribution in [3.63, 3.8) is 0 Å². The summed E-state index contributed by atoms with van der Waals surface area (Å²) in [5.74, 6) is 0.538. The monoisotopic (exact) mass is 526 g/mol. The Morgan fingerprint density at radius 2 is 1.44 bits per heavy atom. The Hall–Kier alpha value is -2.92. The summed E-state index contributed by atoms with van der Waals surface area (Å²) in [6.07, 6.45) is 25.5. The zero-order chi connectivity index (χ0) is 29.9. The highest BCUT2D eigenvalue weighted by Crippen LogP contribution is 2.41. The van der Waals surface area contributed by atoms with Gasteiger partial charge < -0.3 is 0 Å². The van der Waals surface area contributed by atoms with E-state index in [1.54, 1.807) is 0 Å². The van der Waals surface area contributed by atoms with Crippen LogP contribution in [0.25, 0.3) is 0 Å². The van der Waals surface area contributed by atoms with Crippen LogP contribution in [0, 0.1) is 35.0 Å². The van der Waals surface area contributed by atoms with Gasteiger partial charge in [-0.25, -0.2) is 0 Å². The van der Waals surface area contributed by atoms with Gasteiger partial charge in [0, 0.05) is 6.42 Å². The summed E-state index contributed by atoms with van der Waals surface area (Å²) in [7, 11) is 0. The van der Waals surface area contributed by atoms with Crippen LogP contribution in [-0.4, -0.2) is 11.4 Å². The van der Waals surface area contributed by atoms with E-state index < -0.39 is 0 Å². The highest BCUT2D eigenvalue weighted by molar-refractivity contribution is 6.21. The Bertz CT molecular complexity index is 1110. The highest BCUT2D eigenvalue weighted by Gasteiger charge is 2.30. The van der Waals surface area contributed by atoms with E-state index in [2.05, 4.69) is 160 Å². The van der Waals surface area contributed by atoms with Gasteiger partial charge in [0.15, 0.2) is 0 Å². The van der Waals surface area contributed by atoms with E-state index in [0.29, 0.717) is 16.7 Å². The molecule has 212 valence electrons. The van der Waals surface area contributed by atoms with E-state index in [0.717, 1.165) is 36.2 Å². The van der Waals surface area contributed by atoms with Crippen LogP contribution in [0.3, 0.4) is 0 Å². The molecule has 39 heavy (non-hydrogen) atoms. The number of hydrogen-bond acceptors (Lipinski definition) is 2. The van der Waals surface area contributed by atoms with Crippen molar-refractivity contribution in [1.29, 1.82) is 0 Å². The minimum absolute atomic E-state index is 0.235. The molecule has 2 nitrogen and oxygen atoms in total. The molecule has 0 aliphatic carbocycles. The fourth-order valence-corrected chi connectivity index (χ4v) is 4.68. The van der Waals surface area contributed by atoms with Gasteiger partial charge >= 0.3 is 0 Å². The maximum atomic E-state index is 4.52. The van der Waals surface area contributed by atoms with Crippen LogP contribution >= 0.6 is 0 Å². The summed E-state index contributed by atoms with van der Waals surface area (Å²) >= 11 is 0. The molecule has 0 fully saturated rings. The van der Waals surface area contributed by atoms with Crippen molar-refractivity contribution in [2.45, 2.75) is 102 Å². The van der Waals surface area contributed by atoms with E-state index in [1.165, 1.54) is 23.1 Å². The standard InChI is InChI=1S/C35H52N2.C2H2/c1-12-27(30(35(9,10)11)25-34(6,7)8)17-14-16-26-19-21-29(22-20-26)32-24-31(36-37-32)28(13-2)18-15-23-33(3,4)5;1-2/h12-15,17-22,30H,16,23-25H2,1-11H3;1-2H/b17-14-,18-15-,27-12+,28-13+;. The molecule has 0 radical (unpaired) electrons. The van der Waals surface area contributed by atoms with Crippen molar-refractivity contribution in [2.24, 2.45) is 32.4 Å². The Morgan fingerprint density at radius 3 is 1.92 bits per heavy atom. The summed E-state index contributed by atoms with van der Waals surface area (Å²) in [4.78, 5) is 0. The Balaban J connectivity index is 0.00000371. The predicted octanol–water partition coefficient (Wildman–Crippen LogP) is 10.6. The molecule has 0 spiro atoms. The number of benzene rings is 1. The second-order valence-electron chi connectivity index (χ2n) is 14.0. The van der Waals surface area contributed by atoms with E-state index in [1.807, 2.05) is 0 Å². The predicted molar refractivity (Wildman–Crippen MR) is 176 cm³/mol. The van der Waals surface area contributed by atoms with Gasteiger partial charge in [0.25, 0.3) is 0 Å². The average molecular weight is 527 g/mol. The first-order chi connectivity index (χ1) is 18.1. The van der Waals surface area contributed by atoms with Crippen molar-refractivity contribution < 1.29 is 0 Å². The van der Waals surface area contributed by atoms with Crippen LogP contribution in [-0.2, 0) is 6.42 Å². The lowest BCUT2D eigenvalue weighted by molar-refractivity contribution is 0.199. The molecule has 0 saturated carbocycles. The number of rotatable bonds is 9. The van der Waals surface area contributed by atoms with Crippen LogP contribution in [0.4, 0.5) is 0 Å². The number of terminal acetylenes is 1. The molecule has 1 unspecified atom stereocenters. The lowest BCUT2D eigenvalue weighted by atomic mass is 9.68. The summed E-state index contributed by atoms with van der Waals surface area (Å²) < 4.78 is 0. The SMILES string of the molecule is C#C.C/C=C(\C=C/CC(C)(C)C)C1=NN=C(c2ccc(C/C=C\C(=C/C)C(CC(C)(C)C)C(C)(C)C)cc2)C1. The van der Waals surface area contributed by atoms with E-state index >= 15 is 0 Å². The van der Waals surface area contributed by atoms with Crippen LogP contribution in [0.15, 0.2) is 82.1 Å². The van der Waals surface area contributed by atoms with Crippen LogP contribution in [0.5, 0.6) is 0 Å². The second-order valence-corrected chi connectivity index (χ2v) is 14.0. The summed E-state index contributed by atoms with van der Waals surface area (Å²) in [5.41, 5.74) is 8.03.